The standard InChI is InChI=1S/C56H60N6O4/c1-5-35-33-61-27-23-39(35)29-49(61)52(43-21-25-57-47-19-17-41(63-3)31-45(43)47)65-55-51(37-13-9-7-10-14-37)56(60-54(59-55)38-15-11-8-12-16-38)66-53(50-30-40-24-28-62(50)34-36(40)6-2)44-22-26-58-48-20-18-42(64-4)32-46(44)48/h7-22,25-26,31-32,35-36,39-40,49-50,52-53H,5-6,23-24,27-30,33-34H2,1-4H3/t35-,36-,39-,40+,49+,50-,52+,53-/m0/s1. The molecule has 6 aliphatic heterocycles. The summed E-state index contributed by atoms with van der Waals surface area (Å²) in [5.74, 6) is 5.70. The van der Waals surface area contributed by atoms with Crippen molar-refractivity contribution >= 4 is 21.8 Å². The molecule has 6 fully saturated rings. The maximum absolute atomic E-state index is 7.76. The first-order chi connectivity index (χ1) is 32.5. The van der Waals surface area contributed by atoms with Gasteiger partial charge in [-0.15, -0.1) is 0 Å². The summed E-state index contributed by atoms with van der Waals surface area (Å²) in [6.45, 7) is 8.88. The Morgan fingerprint density at radius 3 is 1.47 bits per heavy atom. The Labute approximate surface area is 388 Å². The molecule has 0 N–H and O–H groups in total. The number of aromatic nitrogens is 4. The summed E-state index contributed by atoms with van der Waals surface area (Å²) in [5.41, 5.74) is 6.48. The normalized spacial score (nSPS) is 25.4. The average Bonchev–Trinajstić information content (AvgIpc) is 3.39. The molecule has 0 spiro atoms. The van der Waals surface area contributed by atoms with E-state index in [1.54, 1.807) is 14.2 Å². The van der Waals surface area contributed by atoms with Crippen molar-refractivity contribution in [2.75, 3.05) is 40.4 Å². The zero-order chi connectivity index (χ0) is 44.7. The number of methoxy groups -OCH3 is 2. The lowest BCUT2D eigenvalue weighted by molar-refractivity contribution is -0.0510. The highest BCUT2D eigenvalue weighted by Crippen LogP contribution is 2.50. The average molecular weight is 881 g/mol. The molecule has 66 heavy (non-hydrogen) atoms. The minimum atomic E-state index is -0.393. The van der Waals surface area contributed by atoms with Crippen molar-refractivity contribution < 1.29 is 18.9 Å². The number of ether oxygens (including phenoxy) is 4. The van der Waals surface area contributed by atoms with E-state index in [2.05, 4.69) is 90.4 Å². The van der Waals surface area contributed by atoms with Gasteiger partial charge in [0.15, 0.2) is 5.82 Å². The fourth-order valence-electron chi connectivity index (χ4n) is 12.1. The third kappa shape index (κ3) is 7.91. The first kappa shape index (κ1) is 42.5. The third-order valence-electron chi connectivity index (χ3n) is 15.6. The van der Waals surface area contributed by atoms with Crippen LogP contribution in [0.3, 0.4) is 0 Å². The van der Waals surface area contributed by atoms with Crippen LogP contribution in [0.5, 0.6) is 23.3 Å². The van der Waals surface area contributed by atoms with Gasteiger partial charge in [0.05, 0.1) is 37.3 Å². The zero-order valence-corrected chi connectivity index (χ0v) is 38.6. The fourth-order valence-corrected chi connectivity index (χ4v) is 12.1. The van der Waals surface area contributed by atoms with Crippen molar-refractivity contribution in [3.05, 3.63) is 133 Å². The molecule has 10 atom stereocenters. The Balaban J connectivity index is 1.13. The molecule has 2 unspecified atom stereocenters. The van der Waals surface area contributed by atoms with Gasteiger partial charge in [-0.1, -0.05) is 87.4 Å². The lowest BCUT2D eigenvalue weighted by atomic mass is 9.72. The maximum atomic E-state index is 7.76. The van der Waals surface area contributed by atoms with E-state index >= 15 is 0 Å². The number of rotatable bonds is 14. The van der Waals surface area contributed by atoms with Crippen LogP contribution >= 0.6 is 0 Å². The van der Waals surface area contributed by atoms with Crippen LogP contribution in [0.15, 0.2) is 122 Å². The van der Waals surface area contributed by atoms with Gasteiger partial charge < -0.3 is 18.9 Å². The highest BCUT2D eigenvalue weighted by molar-refractivity contribution is 5.85. The highest BCUT2D eigenvalue weighted by Gasteiger charge is 2.47. The number of nitrogens with zero attached hydrogens (tertiary/aromatic N) is 6. The molecule has 4 bridgehead atoms. The van der Waals surface area contributed by atoms with Gasteiger partial charge in [0, 0.05) is 52.9 Å². The summed E-state index contributed by atoms with van der Waals surface area (Å²) >= 11 is 0. The Morgan fingerprint density at radius 2 is 1.05 bits per heavy atom. The van der Waals surface area contributed by atoms with Gasteiger partial charge in [-0.3, -0.25) is 19.8 Å². The van der Waals surface area contributed by atoms with Gasteiger partial charge in [-0.05, 0) is 117 Å². The molecule has 0 aliphatic carbocycles. The summed E-state index contributed by atoms with van der Waals surface area (Å²) in [5, 5.41) is 2.02. The van der Waals surface area contributed by atoms with Crippen molar-refractivity contribution in [1.29, 1.82) is 0 Å². The lowest BCUT2D eigenvalue weighted by Gasteiger charge is -2.52. The first-order valence-corrected chi connectivity index (χ1v) is 24.2. The van der Waals surface area contributed by atoms with Gasteiger partial charge >= 0.3 is 0 Å². The van der Waals surface area contributed by atoms with Gasteiger partial charge in [0.1, 0.15) is 29.3 Å². The van der Waals surface area contributed by atoms with Crippen molar-refractivity contribution in [1.82, 2.24) is 29.7 Å². The van der Waals surface area contributed by atoms with Gasteiger partial charge in [-0.25, -0.2) is 0 Å². The molecule has 4 aromatic carbocycles. The molecule has 0 saturated carbocycles. The predicted molar refractivity (Wildman–Crippen MR) is 260 cm³/mol. The molecule has 6 saturated heterocycles. The van der Waals surface area contributed by atoms with E-state index in [1.807, 2.05) is 54.9 Å². The van der Waals surface area contributed by atoms with Crippen LogP contribution in [-0.2, 0) is 0 Å². The van der Waals surface area contributed by atoms with Gasteiger partial charge in [0.25, 0.3) is 0 Å². The monoisotopic (exact) mass is 880 g/mol. The lowest BCUT2D eigenvalue weighted by Crippen LogP contribution is -2.56. The number of fused-ring (bicyclic) bond motifs is 8. The Hall–Kier alpha value is -6.10. The number of piperidine rings is 6. The predicted octanol–water partition coefficient (Wildman–Crippen LogP) is 11.4. The Kier molecular flexibility index (Phi) is 11.8. The van der Waals surface area contributed by atoms with E-state index in [4.69, 9.17) is 38.9 Å². The number of hydrogen-bond acceptors (Lipinski definition) is 10. The number of pyridine rings is 2. The Morgan fingerprint density at radius 1 is 0.576 bits per heavy atom. The summed E-state index contributed by atoms with van der Waals surface area (Å²) in [6, 6.07) is 37.4. The van der Waals surface area contributed by atoms with E-state index in [1.165, 1.54) is 25.7 Å². The van der Waals surface area contributed by atoms with Crippen molar-refractivity contribution in [3.63, 3.8) is 0 Å². The number of benzene rings is 4. The van der Waals surface area contributed by atoms with Crippen LogP contribution in [0.2, 0.25) is 0 Å². The maximum Gasteiger partial charge on any atom is 0.229 e. The highest BCUT2D eigenvalue weighted by atomic mass is 16.5. The van der Waals surface area contributed by atoms with Crippen LogP contribution in [0.25, 0.3) is 44.3 Å². The molecule has 13 rings (SSSR count). The third-order valence-corrected chi connectivity index (χ3v) is 15.6. The fraction of sp³-hybridized carbons (Fsp3) is 0.393. The largest absolute Gasteiger partial charge is 0.497 e. The molecule has 7 aromatic rings. The molecule has 0 radical (unpaired) electrons. The van der Waals surface area contributed by atoms with E-state index in [0.29, 0.717) is 41.3 Å². The SMILES string of the molecule is CC[C@H]1CN2CC[C@H]1C[C@@H]2[C@H](Oc1nc(-c2ccccc2)nc(O[C@@H](c2ccnc3ccc(OC)cc23)[C@@H]2C[C@H]3CCN2C[C@@H]3CC)c1-c1ccccc1)c1ccnc2ccc(OC)cc12. The molecule has 10 heteroatoms. The topological polar surface area (TPSA) is 95.0 Å². The minimum absolute atomic E-state index is 0.106. The molecule has 0 amide bonds. The van der Waals surface area contributed by atoms with Crippen LogP contribution in [-0.4, -0.2) is 82.2 Å². The van der Waals surface area contributed by atoms with E-state index < -0.39 is 12.2 Å². The van der Waals surface area contributed by atoms with Crippen LogP contribution in [0, 0.1) is 23.7 Å². The van der Waals surface area contributed by atoms with E-state index in [0.717, 1.165) is 100 Å². The molecule has 3 aromatic heterocycles. The first-order valence-electron chi connectivity index (χ1n) is 24.2. The number of hydrogen-bond donors (Lipinski definition) is 0. The van der Waals surface area contributed by atoms with Crippen LogP contribution < -0.4 is 18.9 Å². The molecule has 6 aliphatic rings. The quantitative estimate of drug-likeness (QED) is 0.105. The van der Waals surface area contributed by atoms with Crippen molar-refractivity contribution in [3.8, 4) is 45.8 Å². The van der Waals surface area contributed by atoms with E-state index in [9.17, 15) is 0 Å². The summed E-state index contributed by atoms with van der Waals surface area (Å²) in [4.78, 5) is 26.0. The molecule has 10 nitrogen and oxygen atoms in total. The van der Waals surface area contributed by atoms with E-state index in [-0.39, 0.29) is 12.1 Å². The molecular formula is C56H60N6O4. The second kappa shape index (κ2) is 18.3. The minimum Gasteiger partial charge on any atom is -0.497 e. The summed E-state index contributed by atoms with van der Waals surface area (Å²) in [7, 11) is 3.44. The summed E-state index contributed by atoms with van der Waals surface area (Å²) < 4.78 is 27.2. The van der Waals surface area contributed by atoms with Crippen LogP contribution in [0.4, 0.5) is 0 Å². The van der Waals surface area contributed by atoms with Gasteiger partial charge in [0.2, 0.25) is 11.8 Å². The zero-order valence-electron chi connectivity index (χ0n) is 38.6. The Bertz CT molecular complexity index is 2680. The smallest absolute Gasteiger partial charge is 0.229 e. The molecular weight excluding hydrogens is 821 g/mol. The second-order valence-electron chi connectivity index (χ2n) is 18.9. The van der Waals surface area contributed by atoms with Gasteiger partial charge in [-0.2, -0.15) is 9.97 Å². The molecule has 338 valence electrons. The van der Waals surface area contributed by atoms with Crippen molar-refractivity contribution in [2.45, 2.75) is 76.7 Å². The second-order valence-corrected chi connectivity index (χ2v) is 18.9. The van der Waals surface area contributed by atoms with Crippen molar-refractivity contribution in [2.24, 2.45) is 23.7 Å². The molecule has 9 heterocycles. The van der Waals surface area contributed by atoms with Crippen LogP contribution in [0.1, 0.15) is 75.7 Å². The summed E-state index contributed by atoms with van der Waals surface area (Å²) in [6.07, 6.45) is 9.90.